The molecule has 98 valence electrons. The van der Waals surface area contributed by atoms with Crippen molar-refractivity contribution in [2.45, 2.75) is 26.3 Å². The first kappa shape index (κ1) is 13.6. The molecule has 1 heterocycles. The maximum absolute atomic E-state index is 9.26. The summed E-state index contributed by atoms with van der Waals surface area (Å²) < 4.78 is 0. The molecule has 2 rings (SSSR count). The molecular weight excluding hydrogens is 252 g/mol. The molecule has 0 amide bonds. The molecule has 2 nitrogen and oxygen atoms in total. The predicted molar refractivity (Wildman–Crippen MR) is 81.8 cm³/mol. The number of likely N-dealkylation sites (N-methyl/N-ethyl adjacent to an activating group) is 1. The van der Waals surface area contributed by atoms with E-state index in [1.165, 1.54) is 4.88 Å². The van der Waals surface area contributed by atoms with Gasteiger partial charge in [-0.15, -0.1) is 11.3 Å². The zero-order valence-electron chi connectivity index (χ0n) is 11.6. The van der Waals surface area contributed by atoms with Crippen molar-refractivity contribution in [1.82, 2.24) is 0 Å². The lowest BCUT2D eigenvalue weighted by molar-refractivity contribution is 0.686. The Kier molecular flexibility index (Phi) is 4.24. The molecule has 1 atom stereocenters. The third-order valence-corrected chi connectivity index (χ3v) is 4.35. The van der Waals surface area contributed by atoms with E-state index in [0.29, 0.717) is 6.04 Å². The minimum atomic E-state index is 0.367. The summed E-state index contributed by atoms with van der Waals surface area (Å²) in [6.45, 7) is 4.26. The summed E-state index contributed by atoms with van der Waals surface area (Å²) in [7, 11) is 2.07. The van der Waals surface area contributed by atoms with Crippen molar-refractivity contribution in [2.75, 3.05) is 11.9 Å². The SMILES string of the molecule is Cc1cccc(C#N)c1N(C)C(C)Cc1cccs1. The molecule has 0 aliphatic heterocycles. The highest BCUT2D eigenvalue weighted by Gasteiger charge is 2.16. The Labute approximate surface area is 118 Å². The van der Waals surface area contributed by atoms with Crippen molar-refractivity contribution in [3.8, 4) is 6.07 Å². The average Bonchev–Trinajstić information content (AvgIpc) is 2.90. The van der Waals surface area contributed by atoms with Crippen LogP contribution in [-0.4, -0.2) is 13.1 Å². The van der Waals surface area contributed by atoms with Gasteiger partial charge in [0.1, 0.15) is 6.07 Å². The highest BCUT2D eigenvalue weighted by atomic mass is 32.1. The van der Waals surface area contributed by atoms with Crippen LogP contribution in [0.15, 0.2) is 35.7 Å². The molecule has 0 aliphatic carbocycles. The third kappa shape index (κ3) is 2.97. The van der Waals surface area contributed by atoms with Gasteiger partial charge in [0.25, 0.3) is 0 Å². The predicted octanol–water partition coefficient (Wildman–Crippen LogP) is 4.00. The molecule has 3 heteroatoms. The summed E-state index contributed by atoms with van der Waals surface area (Å²) in [6.07, 6.45) is 1.01. The summed E-state index contributed by atoms with van der Waals surface area (Å²) in [4.78, 5) is 3.60. The van der Waals surface area contributed by atoms with Crippen LogP contribution in [0, 0.1) is 18.3 Å². The van der Waals surface area contributed by atoms with Crippen LogP contribution in [0.3, 0.4) is 0 Å². The second-order valence-corrected chi connectivity index (χ2v) is 5.86. The molecule has 0 bridgehead atoms. The summed E-state index contributed by atoms with van der Waals surface area (Å²) in [6, 6.07) is 12.8. The molecule has 1 unspecified atom stereocenters. The minimum Gasteiger partial charge on any atom is -0.370 e. The molecule has 0 fully saturated rings. The van der Waals surface area contributed by atoms with Crippen LogP contribution in [0.5, 0.6) is 0 Å². The molecule has 2 aromatic rings. The van der Waals surface area contributed by atoms with E-state index in [2.05, 4.69) is 55.4 Å². The fraction of sp³-hybridized carbons (Fsp3) is 0.312. The lowest BCUT2D eigenvalue weighted by Crippen LogP contribution is -2.31. The lowest BCUT2D eigenvalue weighted by atomic mass is 10.1. The summed E-state index contributed by atoms with van der Waals surface area (Å²) >= 11 is 1.79. The van der Waals surface area contributed by atoms with E-state index >= 15 is 0 Å². The van der Waals surface area contributed by atoms with E-state index in [1.54, 1.807) is 11.3 Å². The van der Waals surface area contributed by atoms with Crippen molar-refractivity contribution < 1.29 is 0 Å². The first-order valence-electron chi connectivity index (χ1n) is 6.38. The lowest BCUT2D eigenvalue weighted by Gasteiger charge is -2.29. The Morgan fingerprint density at radius 1 is 1.32 bits per heavy atom. The monoisotopic (exact) mass is 270 g/mol. The number of benzene rings is 1. The molecule has 0 aliphatic rings. The van der Waals surface area contributed by atoms with Crippen molar-refractivity contribution in [2.24, 2.45) is 0 Å². The standard InChI is InChI=1S/C16H18N2S/c1-12-6-4-7-14(11-17)16(12)18(3)13(2)10-15-8-5-9-19-15/h4-9,13H,10H2,1-3H3. The number of rotatable bonds is 4. The van der Waals surface area contributed by atoms with Crippen molar-refractivity contribution in [3.63, 3.8) is 0 Å². The smallest absolute Gasteiger partial charge is 0.101 e. The molecule has 0 saturated heterocycles. The molecule has 0 saturated carbocycles. The van der Waals surface area contributed by atoms with Gasteiger partial charge in [0.05, 0.1) is 11.3 Å². The van der Waals surface area contributed by atoms with Gasteiger partial charge in [0.15, 0.2) is 0 Å². The van der Waals surface area contributed by atoms with Gasteiger partial charge in [-0.2, -0.15) is 5.26 Å². The molecule has 19 heavy (non-hydrogen) atoms. The summed E-state index contributed by atoms with van der Waals surface area (Å²) in [5, 5.41) is 11.4. The van der Waals surface area contributed by atoms with Crippen LogP contribution in [0.2, 0.25) is 0 Å². The van der Waals surface area contributed by atoms with Crippen molar-refractivity contribution >= 4 is 17.0 Å². The zero-order valence-corrected chi connectivity index (χ0v) is 12.4. The highest BCUT2D eigenvalue weighted by Crippen LogP contribution is 2.26. The van der Waals surface area contributed by atoms with Gasteiger partial charge in [-0.1, -0.05) is 18.2 Å². The highest BCUT2D eigenvalue weighted by molar-refractivity contribution is 7.09. The van der Waals surface area contributed by atoms with Crippen LogP contribution in [0.1, 0.15) is 22.9 Å². The Morgan fingerprint density at radius 3 is 2.74 bits per heavy atom. The second-order valence-electron chi connectivity index (χ2n) is 4.83. The number of anilines is 1. The van der Waals surface area contributed by atoms with E-state index in [-0.39, 0.29) is 0 Å². The fourth-order valence-electron chi connectivity index (χ4n) is 2.29. The number of nitrogens with zero attached hydrogens (tertiary/aromatic N) is 2. The van der Waals surface area contributed by atoms with Crippen LogP contribution < -0.4 is 4.90 Å². The van der Waals surface area contributed by atoms with Crippen molar-refractivity contribution in [1.29, 1.82) is 5.26 Å². The molecule has 0 N–H and O–H groups in total. The number of nitriles is 1. The average molecular weight is 270 g/mol. The van der Waals surface area contributed by atoms with E-state index < -0.39 is 0 Å². The first-order chi connectivity index (χ1) is 9.13. The number of para-hydroxylation sites is 1. The number of thiophene rings is 1. The fourth-order valence-corrected chi connectivity index (χ4v) is 3.12. The van der Waals surface area contributed by atoms with Gasteiger partial charge in [0, 0.05) is 24.4 Å². The van der Waals surface area contributed by atoms with E-state index in [1.807, 2.05) is 12.1 Å². The van der Waals surface area contributed by atoms with E-state index in [0.717, 1.165) is 23.2 Å². The third-order valence-electron chi connectivity index (χ3n) is 3.45. The Balaban J connectivity index is 2.24. The molecule has 0 radical (unpaired) electrons. The van der Waals surface area contributed by atoms with E-state index in [9.17, 15) is 5.26 Å². The number of aryl methyl sites for hydroxylation is 1. The maximum Gasteiger partial charge on any atom is 0.101 e. The van der Waals surface area contributed by atoms with Crippen molar-refractivity contribution in [3.05, 3.63) is 51.7 Å². The maximum atomic E-state index is 9.26. The van der Waals surface area contributed by atoms with Crippen LogP contribution in [0.25, 0.3) is 0 Å². The minimum absolute atomic E-state index is 0.367. The molecule has 1 aromatic heterocycles. The van der Waals surface area contributed by atoms with Gasteiger partial charge in [-0.3, -0.25) is 0 Å². The number of hydrogen-bond donors (Lipinski definition) is 0. The zero-order chi connectivity index (χ0) is 13.8. The van der Waals surface area contributed by atoms with Gasteiger partial charge in [-0.05, 0) is 36.9 Å². The van der Waals surface area contributed by atoms with Gasteiger partial charge in [0.2, 0.25) is 0 Å². The van der Waals surface area contributed by atoms with Gasteiger partial charge < -0.3 is 4.90 Å². The Morgan fingerprint density at radius 2 is 2.11 bits per heavy atom. The summed E-state index contributed by atoms with van der Waals surface area (Å²) in [5.74, 6) is 0. The normalized spacial score (nSPS) is 11.9. The van der Waals surface area contributed by atoms with E-state index in [4.69, 9.17) is 0 Å². The molecule has 1 aromatic carbocycles. The molecule has 0 spiro atoms. The molecular formula is C16H18N2S. The Bertz CT molecular complexity index is 581. The first-order valence-corrected chi connectivity index (χ1v) is 7.26. The summed E-state index contributed by atoms with van der Waals surface area (Å²) in [5.41, 5.74) is 2.95. The van der Waals surface area contributed by atoms with Gasteiger partial charge in [-0.25, -0.2) is 0 Å². The van der Waals surface area contributed by atoms with Crippen LogP contribution in [-0.2, 0) is 6.42 Å². The quantitative estimate of drug-likeness (QED) is 0.839. The second kappa shape index (κ2) is 5.90. The van der Waals surface area contributed by atoms with Crippen LogP contribution >= 0.6 is 11.3 Å². The largest absolute Gasteiger partial charge is 0.370 e. The van der Waals surface area contributed by atoms with Gasteiger partial charge >= 0.3 is 0 Å². The number of hydrogen-bond acceptors (Lipinski definition) is 3. The Hall–Kier alpha value is -1.79. The topological polar surface area (TPSA) is 27.0 Å². The van der Waals surface area contributed by atoms with Crippen LogP contribution in [0.4, 0.5) is 5.69 Å².